The molecule has 1 aromatic carbocycles. The standard InChI is InChI=1S/C12H15FN2O/c1-2-15-5-6-16-9-11-4-3-10(8-14)7-12(11)13/h3-4,7,15H,2,5-6,9H2,1H3. The van der Waals surface area contributed by atoms with Crippen LogP contribution in [0.5, 0.6) is 0 Å². The van der Waals surface area contributed by atoms with Crippen molar-refractivity contribution in [3.8, 4) is 6.07 Å². The lowest BCUT2D eigenvalue weighted by atomic mass is 10.1. The van der Waals surface area contributed by atoms with Crippen molar-refractivity contribution in [3.05, 3.63) is 35.1 Å². The van der Waals surface area contributed by atoms with Gasteiger partial charge in [-0.3, -0.25) is 0 Å². The quantitative estimate of drug-likeness (QED) is 0.747. The van der Waals surface area contributed by atoms with Gasteiger partial charge in [0.15, 0.2) is 0 Å². The molecule has 0 saturated carbocycles. The fourth-order valence-corrected chi connectivity index (χ4v) is 1.24. The first-order valence-electron chi connectivity index (χ1n) is 5.25. The largest absolute Gasteiger partial charge is 0.375 e. The van der Waals surface area contributed by atoms with Crippen LogP contribution in [0.3, 0.4) is 0 Å². The first-order valence-corrected chi connectivity index (χ1v) is 5.25. The lowest BCUT2D eigenvalue weighted by Crippen LogP contribution is -2.18. The summed E-state index contributed by atoms with van der Waals surface area (Å²) in [5.74, 6) is -0.387. The Morgan fingerprint density at radius 1 is 1.50 bits per heavy atom. The van der Waals surface area contributed by atoms with Gasteiger partial charge < -0.3 is 10.1 Å². The van der Waals surface area contributed by atoms with Gasteiger partial charge in [0, 0.05) is 12.1 Å². The number of nitrogens with one attached hydrogen (secondary N) is 1. The molecule has 0 fully saturated rings. The highest BCUT2D eigenvalue weighted by atomic mass is 19.1. The fourth-order valence-electron chi connectivity index (χ4n) is 1.24. The Morgan fingerprint density at radius 3 is 2.94 bits per heavy atom. The van der Waals surface area contributed by atoms with Crippen LogP contribution in [0.4, 0.5) is 4.39 Å². The molecule has 0 heterocycles. The minimum atomic E-state index is -0.387. The normalized spacial score (nSPS) is 10.1. The smallest absolute Gasteiger partial charge is 0.130 e. The SMILES string of the molecule is CCNCCOCc1ccc(C#N)cc1F. The third-order valence-electron chi connectivity index (χ3n) is 2.11. The predicted molar refractivity (Wildman–Crippen MR) is 59.3 cm³/mol. The zero-order chi connectivity index (χ0) is 11.8. The zero-order valence-corrected chi connectivity index (χ0v) is 9.29. The van der Waals surface area contributed by atoms with Gasteiger partial charge in [-0.25, -0.2) is 4.39 Å². The van der Waals surface area contributed by atoms with Crippen LogP contribution in [0.1, 0.15) is 18.1 Å². The molecule has 0 unspecified atom stereocenters. The highest BCUT2D eigenvalue weighted by Crippen LogP contribution is 2.10. The first kappa shape index (κ1) is 12.6. The Morgan fingerprint density at radius 2 is 2.31 bits per heavy atom. The summed E-state index contributed by atoms with van der Waals surface area (Å²) in [5, 5.41) is 11.7. The van der Waals surface area contributed by atoms with Crippen molar-refractivity contribution in [3.63, 3.8) is 0 Å². The van der Waals surface area contributed by atoms with Crippen LogP contribution in [0, 0.1) is 17.1 Å². The molecule has 0 aliphatic heterocycles. The summed E-state index contributed by atoms with van der Waals surface area (Å²) in [7, 11) is 0. The highest BCUT2D eigenvalue weighted by molar-refractivity contribution is 5.32. The molecule has 0 amide bonds. The lowest BCUT2D eigenvalue weighted by Gasteiger charge is -2.05. The average molecular weight is 222 g/mol. The Balaban J connectivity index is 2.40. The van der Waals surface area contributed by atoms with E-state index in [-0.39, 0.29) is 12.4 Å². The van der Waals surface area contributed by atoms with E-state index in [1.54, 1.807) is 12.1 Å². The molecule has 0 radical (unpaired) electrons. The van der Waals surface area contributed by atoms with E-state index in [1.165, 1.54) is 6.07 Å². The third-order valence-corrected chi connectivity index (χ3v) is 2.11. The van der Waals surface area contributed by atoms with Crippen molar-refractivity contribution in [1.82, 2.24) is 5.32 Å². The molecule has 4 heteroatoms. The van der Waals surface area contributed by atoms with E-state index >= 15 is 0 Å². The van der Waals surface area contributed by atoms with E-state index < -0.39 is 0 Å². The van der Waals surface area contributed by atoms with Gasteiger partial charge in [-0.1, -0.05) is 13.0 Å². The average Bonchev–Trinajstić information content (AvgIpc) is 2.30. The summed E-state index contributed by atoms with van der Waals surface area (Å²) in [4.78, 5) is 0. The number of rotatable bonds is 6. The highest BCUT2D eigenvalue weighted by Gasteiger charge is 2.03. The lowest BCUT2D eigenvalue weighted by molar-refractivity contribution is 0.120. The minimum Gasteiger partial charge on any atom is -0.375 e. The van der Waals surface area contributed by atoms with Gasteiger partial charge in [0.2, 0.25) is 0 Å². The molecule has 0 aliphatic carbocycles. The molecule has 0 bridgehead atoms. The maximum absolute atomic E-state index is 13.4. The van der Waals surface area contributed by atoms with Gasteiger partial charge in [0.05, 0.1) is 24.8 Å². The predicted octanol–water partition coefficient (Wildman–Crippen LogP) is 1.82. The van der Waals surface area contributed by atoms with Crippen LogP contribution in [-0.4, -0.2) is 19.7 Å². The minimum absolute atomic E-state index is 0.239. The van der Waals surface area contributed by atoms with E-state index in [4.69, 9.17) is 10.00 Å². The monoisotopic (exact) mass is 222 g/mol. The molecule has 86 valence electrons. The van der Waals surface area contributed by atoms with Crippen molar-refractivity contribution < 1.29 is 9.13 Å². The first-order chi connectivity index (χ1) is 7.77. The molecule has 1 aromatic rings. The van der Waals surface area contributed by atoms with Gasteiger partial charge in [-0.15, -0.1) is 0 Å². The second-order valence-electron chi connectivity index (χ2n) is 3.32. The number of likely N-dealkylation sites (N-methyl/N-ethyl adjacent to an activating group) is 1. The fraction of sp³-hybridized carbons (Fsp3) is 0.417. The number of benzene rings is 1. The Bertz CT molecular complexity index is 374. The number of nitrogens with zero attached hydrogens (tertiary/aromatic N) is 1. The molecule has 16 heavy (non-hydrogen) atoms. The summed E-state index contributed by atoms with van der Waals surface area (Å²) in [6.07, 6.45) is 0. The summed E-state index contributed by atoms with van der Waals surface area (Å²) in [5.41, 5.74) is 0.810. The van der Waals surface area contributed by atoms with Crippen molar-refractivity contribution in [2.45, 2.75) is 13.5 Å². The third kappa shape index (κ3) is 3.97. The molecule has 0 saturated heterocycles. The van der Waals surface area contributed by atoms with Crippen LogP contribution in [0.25, 0.3) is 0 Å². The summed E-state index contributed by atoms with van der Waals surface area (Å²) >= 11 is 0. The number of hydrogen-bond donors (Lipinski definition) is 1. The maximum atomic E-state index is 13.4. The molecule has 0 spiro atoms. The van der Waals surface area contributed by atoms with E-state index in [0.717, 1.165) is 13.1 Å². The molecule has 3 nitrogen and oxygen atoms in total. The second kappa shape index (κ2) is 6.94. The number of ether oxygens (including phenoxy) is 1. The summed E-state index contributed by atoms with van der Waals surface area (Å²) in [6, 6.07) is 6.29. The Hall–Kier alpha value is -1.44. The van der Waals surface area contributed by atoms with E-state index in [9.17, 15) is 4.39 Å². The molecule has 0 atom stereocenters. The number of hydrogen-bond acceptors (Lipinski definition) is 3. The summed E-state index contributed by atoms with van der Waals surface area (Å²) < 4.78 is 18.7. The Labute approximate surface area is 94.8 Å². The summed E-state index contributed by atoms with van der Waals surface area (Å²) in [6.45, 7) is 4.46. The number of nitriles is 1. The van der Waals surface area contributed by atoms with E-state index in [0.29, 0.717) is 17.7 Å². The van der Waals surface area contributed by atoms with Crippen LogP contribution in [-0.2, 0) is 11.3 Å². The van der Waals surface area contributed by atoms with Crippen LogP contribution in [0.2, 0.25) is 0 Å². The number of halogens is 1. The topological polar surface area (TPSA) is 45.0 Å². The van der Waals surface area contributed by atoms with Gasteiger partial charge in [0.25, 0.3) is 0 Å². The van der Waals surface area contributed by atoms with Crippen molar-refractivity contribution in [1.29, 1.82) is 5.26 Å². The van der Waals surface area contributed by atoms with Crippen LogP contribution >= 0.6 is 0 Å². The van der Waals surface area contributed by atoms with Crippen molar-refractivity contribution >= 4 is 0 Å². The van der Waals surface area contributed by atoms with Crippen LogP contribution in [0.15, 0.2) is 18.2 Å². The second-order valence-corrected chi connectivity index (χ2v) is 3.32. The van der Waals surface area contributed by atoms with Crippen molar-refractivity contribution in [2.75, 3.05) is 19.7 Å². The zero-order valence-electron chi connectivity index (χ0n) is 9.29. The van der Waals surface area contributed by atoms with Gasteiger partial charge >= 0.3 is 0 Å². The van der Waals surface area contributed by atoms with Gasteiger partial charge in [0.1, 0.15) is 5.82 Å². The molecular weight excluding hydrogens is 207 g/mol. The molecule has 0 aliphatic rings. The molecule has 1 N–H and O–H groups in total. The van der Waals surface area contributed by atoms with Gasteiger partial charge in [-0.05, 0) is 18.7 Å². The molecule has 1 rings (SSSR count). The van der Waals surface area contributed by atoms with E-state index in [2.05, 4.69) is 5.32 Å². The van der Waals surface area contributed by atoms with Crippen LogP contribution < -0.4 is 5.32 Å². The Kier molecular flexibility index (Phi) is 5.48. The molecule has 0 aromatic heterocycles. The maximum Gasteiger partial charge on any atom is 0.130 e. The van der Waals surface area contributed by atoms with E-state index in [1.807, 2.05) is 13.0 Å². The molecular formula is C12H15FN2O. The van der Waals surface area contributed by atoms with Gasteiger partial charge in [-0.2, -0.15) is 5.26 Å². The van der Waals surface area contributed by atoms with Crippen molar-refractivity contribution in [2.24, 2.45) is 0 Å².